The molecule has 140 valence electrons. The van der Waals surface area contributed by atoms with E-state index < -0.39 is 0 Å². The fourth-order valence-corrected chi connectivity index (χ4v) is 5.06. The van der Waals surface area contributed by atoms with Gasteiger partial charge in [0.15, 0.2) is 0 Å². The number of nitrogens with one attached hydrogen (secondary N) is 1. The summed E-state index contributed by atoms with van der Waals surface area (Å²) < 4.78 is 0. The SMILES string of the molecule is Cc1cc(C)c(CCNC(=O)C2CC3CCCC(C2)C3N)c(C)c1.Cl. The molecule has 0 aromatic heterocycles. The first-order chi connectivity index (χ1) is 11.5. The van der Waals surface area contributed by atoms with Gasteiger partial charge in [-0.05, 0) is 81.4 Å². The van der Waals surface area contributed by atoms with Crippen LogP contribution in [0.15, 0.2) is 12.1 Å². The molecule has 1 aromatic carbocycles. The Bertz CT molecular complexity index is 579. The van der Waals surface area contributed by atoms with Gasteiger partial charge in [0.05, 0.1) is 0 Å². The van der Waals surface area contributed by atoms with E-state index in [1.54, 1.807) is 0 Å². The van der Waals surface area contributed by atoms with Gasteiger partial charge in [-0.3, -0.25) is 4.79 Å². The van der Waals surface area contributed by atoms with Crippen molar-refractivity contribution in [3.8, 4) is 0 Å². The van der Waals surface area contributed by atoms with Crippen LogP contribution in [0.25, 0.3) is 0 Å². The van der Waals surface area contributed by atoms with Crippen LogP contribution in [0.4, 0.5) is 0 Å². The summed E-state index contributed by atoms with van der Waals surface area (Å²) in [6.45, 7) is 7.21. The second-order valence-corrected chi connectivity index (χ2v) is 8.12. The van der Waals surface area contributed by atoms with Gasteiger partial charge in [-0.25, -0.2) is 0 Å². The van der Waals surface area contributed by atoms with Crippen LogP contribution >= 0.6 is 12.4 Å². The van der Waals surface area contributed by atoms with E-state index >= 15 is 0 Å². The minimum atomic E-state index is 0. The molecule has 0 aliphatic heterocycles. The van der Waals surface area contributed by atoms with Gasteiger partial charge in [0.1, 0.15) is 0 Å². The molecule has 3 N–H and O–H groups in total. The van der Waals surface area contributed by atoms with Gasteiger partial charge in [0.25, 0.3) is 0 Å². The van der Waals surface area contributed by atoms with Crippen LogP contribution in [0.2, 0.25) is 0 Å². The number of rotatable bonds is 4. The van der Waals surface area contributed by atoms with Crippen LogP contribution in [0.1, 0.15) is 54.4 Å². The summed E-state index contributed by atoms with van der Waals surface area (Å²) in [5.74, 6) is 1.56. The maximum atomic E-state index is 12.6. The Kier molecular flexibility index (Phi) is 6.93. The van der Waals surface area contributed by atoms with Crippen molar-refractivity contribution in [1.82, 2.24) is 5.32 Å². The van der Waals surface area contributed by atoms with Crippen molar-refractivity contribution in [2.24, 2.45) is 23.5 Å². The normalized spacial score (nSPS) is 28.2. The standard InChI is InChI=1S/C21H32N2O.ClH/c1-13-9-14(2)19(15(3)10-13)7-8-23-21(24)18-11-16-5-4-6-17(12-18)20(16)22;/h9-10,16-18,20H,4-8,11-12,22H2,1-3H3,(H,23,24);1H. The molecule has 2 aliphatic carbocycles. The monoisotopic (exact) mass is 364 g/mol. The lowest BCUT2D eigenvalue weighted by molar-refractivity contribution is -0.127. The van der Waals surface area contributed by atoms with Crippen LogP contribution in [0.5, 0.6) is 0 Å². The van der Waals surface area contributed by atoms with E-state index in [4.69, 9.17) is 5.73 Å². The maximum absolute atomic E-state index is 12.6. The van der Waals surface area contributed by atoms with E-state index in [1.807, 2.05) is 0 Å². The fourth-order valence-electron chi connectivity index (χ4n) is 5.06. The number of hydrogen-bond acceptors (Lipinski definition) is 2. The molecule has 0 heterocycles. The predicted octanol–water partition coefficient (Wildman–Crippen LogP) is 3.85. The second-order valence-electron chi connectivity index (χ2n) is 8.12. The zero-order chi connectivity index (χ0) is 17.3. The Labute approximate surface area is 158 Å². The minimum absolute atomic E-state index is 0. The maximum Gasteiger partial charge on any atom is 0.223 e. The topological polar surface area (TPSA) is 55.1 Å². The number of fused-ring (bicyclic) bond motifs is 2. The van der Waals surface area contributed by atoms with Gasteiger partial charge < -0.3 is 11.1 Å². The van der Waals surface area contributed by atoms with Gasteiger partial charge in [-0.2, -0.15) is 0 Å². The van der Waals surface area contributed by atoms with Gasteiger partial charge in [-0.15, -0.1) is 12.4 Å². The fraction of sp³-hybridized carbons (Fsp3) is 0.667. The van der Waals surface area contributed by atoms with Crippen molar-refractivity contribution in [3.05, 3.63) is 34.4 Å². The lowest BCUT2D eigenvalue weighted by atomic mass is 9.65. The Hall–Kier alpha value is -1.06. The number of amides is 1. The van der Waals surface area contributed by atoms with Crippen molar-refractivity contribution in [3.63, 3.8) is 0 Å². The molecule has 2 saturated carbocycles. The summed E-state index contributed by atoms with van der Waals surface area (Å²) in [4.78, 5) is 12.6. The Morgan fingerprint density at radius 3 is 2.24 bits per heavy atom. The first-order valence-corrected chi connectivity index (χ1v) is 9.55. The van der Waals surface area contributed by atoms with E-state index in [0.717, 1.165) is 25.8 Å². The second kappa shape index (κ2) is 8.55. The molecular formula is C21H33ClN2O. The highest BCUT2D eigenvalue weighted by atomic mass is 35.5. The smallest absolute Gasteiger partial charge is 0.223 e. The first kappa shape index (κ1) is 20.3. The third kappa shape index (κ3) is 4.57. The summed E-state index contributed by atoms with van der Waals surface area (Å²) in [5, 5.41) is 3.19. The van der Waals surface area contributed by atoms with Crippen LogP contribution < -0.4 is 11.1 Å². The van der Waals surface area contributed by atoms with Crippen molar-refractivity contribution >= 4 is 18.3 Å². The molecular weight excluding hydrogens is 332 g/mol. The van der Waals surface area contributed by atoms with Crippen molar-refractivity contribution in [2.75, 3.05) is 6.54 Å². The van der Waals surface area contributed by atoms with Gasteiger partial charge in [0.2, 0.25) is 5.91 Å². The third-order valence-corrected chi connectivity index (χ3v) is 6.30. The molecule has 0 radical (unpaired) electrons. The number of aryl methyl sites for hydroxylation is 3. The largest absolute Gasteiger partial charge is 0.356 e. The summed E-state index contributed by atoms with van der Waals surface area (Å²) >= 11 is 0. The highest BCUT2D eigenvalue weighted by molar-refractivity contribution is 5.85. The predicted molar refractivity (Wildman–Crippen MR) is 106 cm³/mol. The molecule has 25 heavy (non-hydrogen) atoms. The van der Waals surface area contributed by atoms with Crippen LogP contribution in [0.3, 0.4) is 0 Å². The van der Waals surface area contributed by atoms with E-state index in [1.165, 1.54) is 41.5 Å². The average molecular weight is 365 g/mol. The molecule has 2 unspecified atom stereocenters. The molecule has 3 rings (SSSR count). The molecule has 3 nitrogen and oxygen atoms in total. The molecule has 2 fully saturated rings. The van der Waals surface area contributed by atoms with E-state index in [9.17, 15) is 4.79 Å². The summed E-state index contributed by atoms with van der Waals surface area (Å²) in [5.41, 5.74) is 11.7. The number of nitrogens with two attached hydrogens (primary N) is 1. The van der Waals surface area contributed by atoms with E-state index in [2.05, 4.69) is 38.2 Å². The zero-order valence-corrected chi connectivity index (χ0v) is 16.6. The molecule has 0 spiro atoms. The molecule has 4 heteroatoms. The molecule has 1 amide bonds. The lowest BCUT2D eigenvalue weighted by Crippen LogP contribution is -2.49. The molecule has 2 bridgehead atoms. The van der Waals surface area contributed by atoms with Crippen molar-refractivity contribution < 1.29 is 4.79 Å². The number of halogens is 1. The van der Waals surface area contributed by atoms with Crippen LogP contribution in [0, 0.1) is 38.5 Å². The average Bonchev–Trinajstić information content (AvgIpc) is 2.49. The van der Waals surface area contributed by atoms with E-state index in [0.29, 0.717) is 17.9 Å². The molecule has 2 aliphatic rings. The third-order valence-electron chi connectivity index (χ3n) is 6.30. The van der Waals surface area contributed by atoms with Crippen LogP contribution in [-0.4, -0.2) is 18.5 Å². The molecule has 1 aromatic rings. The minimum Gasteiger partial charge on any atom is -0.356 e. The highest BCUT2D eigenvalue weighted by Gasteiger charge is 2.40. The summed E-state index contributed by atoms with van der Waals surface area (Å²) in [7, 11) is 0. The Morgan fingerprint density at radius 1 is 1.12 bits per heavy atom. The van der Waals surface area contributed by atoms with Gasteiger partial charge in [0, 0.05) is 18.5 Å². The van der Waals surface area contributed by atoms with Gasteiger partial charge in [-0.1, -0.05) is 24.1 Å². The highest BCUT2D eigenvalue weighted by Crippen LogP contribution is 2.41. The number of carbonyl (C=O) groups is 1. The van der Waals surface area contributed by atoms with E-state index in [-0.39, 0.29) is 24.2 Å². The molecule has 0 saturated heterocycles. The number of hydrogen-bond donors (Lipinski definition) is 2. The first-order valence-electron chi connectivity index (χ1n) is 9.55. The quantitative estimate of drug-likeness (QED) is 0.852. The summed E-state index contributed by atoms with van der Waals surface area (Å²) in [6, 6.07) is 4.79. The van der Waals surface area contributed by atoms with Gasteiger partial charge >= 0.3 is 0 Å². The number of carbonyl (C=O) groups excluding carboxylic acids is 1. The van der Waals surface area contributed by atoms with Crippen molar-refractivity contribution in [2.45, 2.75) is 65.3 Å². The lowest BCUT2D eigenvalue weighted by Gasteiger charge is -2.43. The van der Waals surface area contributed by atoms with Crippen LogP contribution in [-0.2, 0) is 11.2 Å². The zero-order valence-electron chi connectivity index (χ0n) is 15.8. The summed E-state index contributed by atoms with van der Waals surface area (Å²) in [6.07, 6.45) is 6.62. The Balaban J connectivity index is 0.00000225. The Morgan fingerprint density at radius 2 is 1.68 bits per heavy atom. The molecule has 2 atom stereocenters. The van der Waals surface area contributed by atoms with Crippen molar-refractivity contribution in [1.29, 1.82) is 0 Å². The number of benzene rings is 1.